The summed E-state index contributed by atoms with van der Waals surface area (Å²) in [4.78, 5) is 0. The number of benzene rings is 4. The molecule has 0 aliphatic carbocycles. The summed E-state index contributed by atoms with van der Waals surface area (Å²) in [5.41, 5.74) is 0. The zero-order chi connectivity index (χ0) is 16.7. The van der Waals surface area contributed by atoms with E-state index in [2.05, 4.69) is 0 Å². The molecule has 0 aliphatic rings. The van der Waals surface area contributed by atoms with Gasteiger partial charge in [-0.25, -0.2) is 0 Å². The zero-order valence-corrected chi connectivity index (χ0v) is 14.0. The van der Waals surface area contributed by atoms with Crippen LogP contribution in [0.4, 0.5) is 0 Å². The number of ether oxygens (including phenoxy) is 1. The highest BCUT2D eigenvalue weighted by Gasteiger charge is 2.11. The van der Waals surface area contributed by atoms with Gasteiger partial charge in [0.2, 0.25) is 0 Å². The third-order valence-electron chi connectivity index (χ3n) is 3.95. The van der Waals surface area contributed by atoms with Crippen molar-refractivity contribution in [2.45, 2.75) is 0 Å². The van der Waals surface area contributed by atoms with Gasteiger partial charge < -0.3 is 9.84 Å². The van der Waals surface area contributed by atoms with Gasteiger partial charge in [-0.3, -0.25) is 0 Å². The lowest BCUT2D eigenvalue weighted by molar-refractivity contribution is 0.477. The van der Waals surface area contributed by atoms with Crippen LogP contribution < -0.4 is 4.74 Å². The predicted octanol–water partition coefficient (Wildman–Crippen LogP) is 6.80. The van der Waals surface area contributed by atoms with Crippen LogP contribution in [0.1, 0.15) is 0 Å². The Morgan fingerprint density at radius 3 is 2.42 bits per heavy atom. The fourth-order valence-electron chi connectivity index (χ4n) is 2.78. The Balaban J connectivity index is 1.81. The van der Waals surface area contributed by atoms with Gasteiger partial charge >= 0.3 is 0 Å². The minimum absolute atomic E-state index is 0.129. The molecule has 0 aliphatic heterocycles. The molecule has 0 atom stereocenters. The molecule has 0 aromatic heterocycles. The van der Waals surface area contributed by atoms with Gasteiger partial charge in [-0.2, -0.15) is 0 Å². The molecule has 0 heterocycles. The lowest BCUT2D eigenvalue weighted by Gasteiger charge is -2.11. The molecule has 0 bridgehead atoms. The number of hydrogen-bond acceptors (Lipinski definition) is 2. The van der Waals surface area contributed by atoms with E-state index in [4.69, 9.17) is 27.9 Å². The van der Waals surface area contributed by atoms with Crippen molar-refractivity contribution in [3.63, 3.8) is 0 Å². The zero-order valence-electron chi connectivity index (χ0n) is 12.5. The standard InChI is InChI=1S/C20H12Cl2O2/c21-16-5-1-3-12-7-9-14(11-15(12)16)24-18-10-8-13-4-2-6-17(23)19(13)20(18)22/h1-11,23H. The van der Waals surface area contributed by atoms with E-state index in [0.29, 0.717) is 26.9 Å². The van der Waals surface area contributed by atoms with E-state index >= 15 is 0 Å². The maximum atomic E-state index is 10.1. The van der Waals surface area contributed by atoms with Crippen LogP contribution in [0.25, 0.3) is 21.5 Å². The first-order chi connectivity index (χ1) is 11.6. The Morgan fingerprint density at radius 2 is 1.54 bits per heavy atom. The maximum Gasteiger partial charge on any atom is 0.146 e. The smallest absolute Gasteiger partial charge is 0.146 e. The number of rotatable bonds is 2. The summed E-state index contributed by atoms with van der Waals surface area (Å²) < 4.78 is 5.93. The van der Waals surface area contributed by atoms with Crippen molar-refractivity contribution in [1.82, 2.24) is 0 Å². The Bertz CT molecular complexity index is 1070. The molecule has 24 heavy (non-hydrogen) atoms. The van der Waals surface area contributed by atoms with E-state index in [0.717, 1.165) is 16.2 Å². The molecule has 0 spiro atoms. The lowest BCUT2D eigenvalue weighted by atomic mass is 10.1. The quantitative estimate of drug-likeness (QED) is 0.429. The molecule has 0 saturated heterocycles. The topological polar surface area (TPSA) is 29.5 Å². The first kappa shape index (κ1) is 15.1. The lowest BCUT2D eigenvalue weighted by Crippen LogP contribution is -1.87. The molecule has 0 unspecified atom stereocenters. The third-order valence-corrected chi connectivity index (χ3v) is 4.66. The van der Waals surface area contributed by atoms with Gasteiger partial charge in [-0.1, -0.05) is 59.6 Å². The van der Waals surface area contributed by atoms with E-state index in [1.54, 1.807) is 18.2 Å². The monoisotopic (exact) mass is 354 g/mol. The molecule has 118 valence electrons. The summed E-state index contributed by atoms with van der Waals surface area (Å²) in [7, 11) is 0. The van der Waals surface area contributed by atoms with Crippen LogP contribution in [-0.2, 0) is 0 Å². The molecule has 0 radical (unpaired) electrons. The Kier molecular flexibility index (Phi) is 3.72. The van der Waals surface area contributed by atoms with Crippen molar-refractivity contribution >= 4 is 44.7 Å². The summed E-state index contributed by atoms with van der Waals surface area (Å²) in [5, 5.41) is 14.5. The highest BCUT2D eigenvalue weighted by molar-refractivity contribution is 6.37. The second-order valence-corrected chi connectivity index (χ2v) is 6.26. The number of halogens is 2. The average molecular weight is 355 g/mol. The van der Waals surface area contributed by atoms with Crippen molar-refractivity contribution in [1.29, 1.82) is 0 Å². The number of fused-ring (bicyclic) bond motifs is 2. The molecule has 0 saturated carbocycles. The Hall–Kier alpha value is -2.42. The molecular formula is C20H12Cl2O2. The molecule has 2 nitrogen and oxygen atoms in total. The van der Waals surface area contributed by atoms with Crippen LogP contribution in [0.5, 0.6) is 17.2 Å². The minimum Gasteiger partial charge on any atom is -0.507 e. The SMILES string of the molecule is Oc1cccc2ccc(Oc3ccc4cccc(Cl)c4c3)c(Cl)c12. The van der Waals surface area contributed by atoms with E-state index in [9.17, 15) is 5.11 Å². The van der Waals surface area contributed by atoms with Crippen LogP contribution in [0.15, 0.2) is 66.7 Å². The average Bonchev–Trinajstić information content (AvgIpc) is 2.58. The fourth-order valence-corrected chi connectivity index (χ4v) is 3.32. The third kappa shape index (κ3) is 2.54. The van der Waals surface area contributed by atoms with Crippen molar-refractivity contribution < 1.29 is 9.84 Å². The maximum absolute atomic E-state index is 10.1. The largest absolute Gasteiger partial charge is 0.507 e. The molecule has 4 heteroatoms. The molecule has 4 aromatic rings. The van der Waals surface area contributed by atoms with E-state index in [1.165, 1.54) is 0 Å². The number of aromatic hydroxyl groups is 1. The van der Waals surface area contributed by atoms with E-state index in [-0.39, 0.29) is 5.75 Å². The van der Waals surface area contributed by atoms with Gasteiger partial charge in [0.25, 0.3) is 0 Å². The van der Waals surface area contributed by atoms with Crippen LogP contribution in [0.3, 0.4) is 0 Å². The van der Waals surface area contributed by atoms with Gasteiger partial charge in [-0.15, -0.1) is 0 Å². The molecule has 4 rings (SSSR count). The van der Waals surface area contributed by atoms with Crippen molar-refractivity contribution in [2.75, 3.05) is 0 Å². The summed E-state index contributed by atoms with van der Waals surface area (Å²) >= 11 is 12.7. The van der Waals surface area contributed by atoms with Crippen molar-refractivity contribution in [2.24, 2.45) is 0 Å². The van der Waals surface area contributed by atoms with Crippen LogP contribution in [-0.4, -0.2) is 5.11 Å². The summed E-state index contributed by atoms with van der Waals surface area (Å²) in [5.74, 6) is 1.24. The molecule has 0 fully saturated rings. The molecule has 1 N–H and O–H groups in total. The van der Waals surface area contributed by atoms with Gasteiger partial charge in [0.05, 0.1) is 5.02 Å². The predicted molar refractivity (Wildman–Crippen MR) is 99.7 cm³/mol. The van der Waals surface area contributed by atoms with Crippen LogP contribution in [0, 0.1) is 0 Å². The minimum atomic E-state index is 0.129. The van der Waals surface area contributed by atoms with Crippen LogP contribution in [0.2, 0.25) is 10.0 Å². The number of hydrogen-bond donors (Lipinski definition) is 1. The van der Waals surface area contributed by atoms with Gasteiger partial charge in [0.15, 0.2) is 0 Å². The van der Waals surface area contributed by atoms with Crippen molar-refractivity contribution in [3.05, 3.63) is 76.8 Å². The Labute approximate surface area is 148 Å². The number of phenolic OH excluding ortho intramolecular Hbond substituents is 1. The summed E-state index contributed by atoms with van der Waals surface area (Å²) in [6, 6.07) is 20.4. The second-order valence-electron chi connectivity index (χ2n) is 5.48. The van der Waals surface area contributed by atoms with Gasteiger partial charge in [0.1, 0.15) is 17.2 Å². The summed E-state index contributed by atoms with van der Waals surface area (Å²) in [6.45, 7) is 0. The molecule has 0 amide bonds. The molecule has 4 aromatic carbocycles. The normalized spacial score (nSPS) is 11.1. The van der Waals surface area contributed by atoms with Gasteiger partial charge in [0, 0.05) is 15.8 Å². The van der Waals surface area contributed by atoms with Gasteiger partial charge in [-0.05, 0) is 41.1 Å². The molecular weight excluding hydrogens is 343 g/mol. The highest BCUT2D eigenvalue weighted by Crippen LogP contribution is 2.40. The highest BCUT2D eigenvalue weighted by atomic mass is 35.5. The first-order valence-electron chi connectivity index (χ1n) is 7.40. The van der Waals surface area contributed by atoms with E-state index < -0.39 is 0 Å². The Morgan fingerprint density at radius 1 is 0.792 bits per heavy atom. The van der Waals surface area contributed by atoms with Crippen LogP contribution >= 0.6 is 23.2 Å². The number of phenols is 1. The fraction of sp³-hybridized carbons (Fsp3) is 0. The van der Waals surface area contributed by atoms with E-state index in [1.807, 2.05) is 48.5 Å². The first-order valence-corrected chi connectivity index (χ1v) is 8.15. The van der Waals surface area contributed by atoms with Crippen molar-refractivity contribution in [3.8, 4) is 17.2 Å². The summed E-state index contributed by atoms with van der Waals surface area (Å²) in [6.07, 6.45) is 0. The second kappa shape index (κ2) is 5.90.